The summed E-state index contributed by atoms with van der Waals surface area (Å²) in [6, 6.07) is 26.0. The van der Waals surface area contributed by atoms with E-state index in [0.29, 0.717) is 12.1 Å². The number of rotatable bonds is 7. The number of carbonyl (C=O) groups excluding carboxylic acids is 1. The van der Waals surface area contributed by atoms with Crippen molar-refractivity contribution in [3.05, 3.63) is 114 Å². The Labute approximate surface area is 189 Å². The van der Waals surface area contributed by atoms with E-state index >= 15 is 0 Å². The van der Waals surface area contributed by atoms with Crippen LogP contribution in [0.5, 0.6) is 0 Å². The molecule has 1 heterocycles. The lowest BCUT2D eigenvalue weighted by Gasteiger charge is -2.10. The van der Waals surface area contributed by atoms with Gasteiger partial charge >= 0.3 is 0 Å². The zero-order valence-corrected chi connectivity index (χ0v) is 19.0. The van der Waals surface area contributed by atoms with Crippen LogP contribution in [0.1, 0.15) is 22.4 Å². The second-order valence-electron chi connectivity index (χ2n) is 7.96. The Kier molecular flexibility index (Phi) is 6.10. The summed E-state index contributed by atoms with van der Waals surface area (Å²) in [7, 11) is -3.79. The molecule has 0 aliphatic rings. The van der Waals surface area contributed by atoms with Crippen LogP contribution >= 0.6 is 0 Å². The molecule has 0 spiro atoms. The molecular formula is C27H25NO3S. The number of ketones is 1. The van der Waals surface area contributed by atoms with Gasteiger partial charge in [0.15, 0.2) is 0 Å². The van der Waals surface area contributed by atoms with Gasteiger partial charge in [-0.1, -0.05) is 78.4 Å². The lowest BCUT2D eigenvalue weighted by Crippen LogP contribution is -2.14. The first-order chi connectivity index (χ1) is 15.4. The van der Waals surface area contributed by atoms with E-state index in [1.54, 1.807) is 37.4 Å². The van der Waals surface area contributed by atoms with Crippen molar-refractivity contribution >= 4 is 15.8 Å². The molecule has 0 radical (unpaired) electrons. The van der Waals surface area contributed by atoms with Gasteiger partial charge in [0.1, 0.15) is 5.78 Å². The van der Waals surface area contributed by atoms with Crippen LogP contribution in [0, 0.1) is 13.8 Å². The van der Waals surface area contributed by atoms with Crippen LogP contribution in [0.4, 0.5) is 0 Å². The van der Waals surface area contributed by atoms with Crippen molar-refractivity contribution in [2.75, 3.05) is 0 Å². The molecule has 4 aromatic rings. The average molecular weight is 444 g/mol. The van der Waals surface area contributed by atoms with Gasteiger partial charge in [-0.2, -0.15) is 0 Å². The fourth-order valence-corrected chi connectivity index (χ4v) is 5.29. The van der Waals surface area contributed by atoms with E-state index in [9.17, 15) is 13.2 Å². The summed E-state index contributed by atoms with van der Waals surface area (Å²) in [6.07, 6.45) is 2.12. The summed E-state index contributed by atoms with van der Waals surface area (Å²) < 4.78 is 28.1. The fourth-order valence-electron chi connectivity index (χ4n) is 3.87. The highest BCUT2D eigenvalue weighted by atomic mass is 32.2. The number of aryl methyl sites for hydroxylation is 1. The molecule has 0 unspecified atom stereocenters. The average Bonchev–Trinajstić information content (AvgIpc) is 3.12. The Balaban J connectivity index is 1.77. The molecule has 0 saturated carbocycles. The molecule has 0 aliphatic carbocycles. The number of hydrogen-bond donors (Lipinski definition) is 0. The zero-order valence-electron chi connectivity index (χ0n) is 18.2. The fraction of sp³-hybridized carbons (Fsp3) is 0.148. The SMILES string of the molecule is Cc1ccc(S(=O)(=O)n2cc(-c3ccccc3)c(CC(=O)Cc3ccccc3)c2C)cc1. The van der Waals surface area contributed by atoms with Gasteiger partial charge in [-0.3, -0.25) is 4.79 Å². The maximum atomic E-state index is 13.4. The molecule has 0 amide bonds. The molecular weight excluding hydrogens is 418 g/mol. The Morgan fingerprint density at radius 3 is 2.00 bits per heavy atom. The molecule has 0 atom stereocenters. The zero-order chi connectivity index (χ0) is 22.7. The third-order valence-electron chi connectivity index (χ3n) is 5.62. The molecule has 0 saturated heterocycles. The van der Waals surface area contributed by atoms with Crippen molar-refractivity contribution in [3.63, 3.8) is 0 Å². The summed E-state index contributed by atoms with van der Waals surface area (Å²) in [5, 5.41) is 0. The first-order valence-electron chi connectivity index (χ1n) is 10.5. The molecule has 5 heteroatoms. The third kappa shape index (κ3) is 4.43. The molecule has 0 bridgehead atoms. The molecule has 4 nitrogen and oxygen atoms in total. The van der Waals surface area contributed by atoms with E-state index in [0.717, 1.165) is 27.8 Å². The second-order valence-corrected chi connectivity index (χ2v) is 9.78. The molecule has 32 heavy (non-hydrogen) atoms. The molecule has 1 aromatic heterocycles. The Morgan fingerprint density at radius 1 is 0.781 bits per heavy atom. The van der Waals surface area contributed by atoms with Gasteiger partial charge in [0, 0.05) is 30.3 Å². The van der Waals surface area contributed by atoms with Crippen molar-refractivity contribution in [1.29, 1.82) is 0 Å². The summed E-state index contributed by atoms with van der Waals surface area (Å²) in [5.74, 6) is 0.0435. The smallest absolute Gasteiger partial charge is 0.267 e. The van der Waals surface area contributed by atoms with Gasteiger partial charge in [-0.25, -0.2) is 12.4 Å². The largest absolute Gasteiger partial charge is 0.299 e. The van der Waals surface area contributed by atoms with Crippen molar-refractivity contribution in [2.24, 2.45) is 0 Å². The predicted molar refractivity (Wildman–Crippen MR) is 127 cm³/mol. The quantitative estimate of drug-likeness (QED) is 0.386. The lowest BCUT2D eigenvalue weighted by molar-refractivity contribution is -0.117. The second kappa shape index (κ2) is 8.97. The summed E-state index contributed by atoms with van der Waals surface area (Å²) in [4.78, 5) is 13.2. The van der Waals surface area contributed by atoms with Crippen LogP contribution < -0.4 is 0 Å². The Hall–Kier alpha value is -3.44. The molecule has 3 aromatic carbocycles. The van der Waals surface area contributed by atoms with Crippen LogP contribution in [0.15, 0.2) is 96.0 Å². The summed E-state index contributed by atoms with van der Waals surface area (Å²) in [5.41, 5.74) is 4.89. The Morgan fingerprint density at radius 2 is 1.38 bits per heavy atom. The number of carbonyl (C=O) groups is 1. The highest BCUT2D eigenvalue weighted by Crippen LogP contribution is 2.31. The number of aromatic nitrogens is 1. The van der Waals surface area contributed by atoms with Crippen LogP contribution in [0.2, 0.25) is 0 Å². The highest BCUT2D eigenvalue weighted by Gasteiger charge is 2.25. The number of Topliss-reactive ketones (excluding diaryl/α,β-unsaturated/α-hetero) is 1. The normalized spacial score (nSPS) is 11.4. The van der Waals surface area contributed by atoms with Gasteiger partial charge in [-0.15, -0.1) is 0 Å². The van der Waals surface area contributed by atoms with Gasteiger partial charge < -0.3 is 0 Å². The minimum absolute atomic E-state index is 0.0435. The van der Waals surface area contributed by atoms with Gasteiger partial charge in [0.05, 0.1) is 4.90 Å². The first kappa shape index (κ1) is 21.8. The van der Waals surface area contributed by atoms with Crippen LogP contribution in [-0.4, -0.2) is 18.2 Å². The number of benzene rings is 3. The third-order valence-corrected chi connectivity index (χ3v) is 7.38. The van der Waals surface area contributed by atoms with E-state index in [1.165, 1.54) is 3.97 Å². The molecule has 162 valence electrons. The molecule has 4 rings (SSSR count). The van der Waals surface area contributed by atoms with Crippen LogP contribution in [0.3, 0.4) is 0 Å². The van der Waals surface area contributed by atoms with E-state index in [2.05, 4.69) is 0 Å². The summed E-state index contributed by atoms with van der Waals surface area (Å²) in [6.45, 7) is 3.69. The minimum atomic E-state index is -3.79. The van der Waals surface area contributed by atoms with Crippen molar-refractivity contribution in [1.82, 2.24) is 3.97 Å². The topological polar surface area (TPSA) is 56.1 Å². The van der Waals surface area contributed by atoms with E-state index in [1.807, 2.05) is 67.6 Å². The van der Waals surface area contributed by atoms with E-state index in [4.69, 9.17) is 0 Å². The van der Waals surface area contributed by atoms with Gasteiger partial charge in [0.25, 0.3) is 10.0 Å². The Bertz CT molecular complexity index is 1340. The van der Waals surface area contributed by atoms with Crippen LogP contribution in [-0.2, 0) is 27.7 Å². The maximum Gasteiger partial charge on any atom is 0.267 e. The van der Waals surface area contributed by atoms with E-state index in [-0.39, 0.29) is 17.1 Å². The van der Waals surface area contributed by atoms with Crippen molar-refractivity contribution in [3.8, 4) is 11.1 Å². The minimum Gasteiger partial charge on any atom is -0.299 e. The predicted octanol–water partition coefficient (Wildman–Crippen LogP) is 5.36. The standard InChI is InChI=1S/C27H25NO3S/c1-20-13-15-25(16-14-20)32(30,31)28-19-27(23-11-7-4-8-12-23)26(21(28)2)18-24(29)17-22-9-5-3-6-10-22/h3-16,19H,17-18H2,1-2H3. The lowest BCUT2D eigenvalue weighted by atomic mass is 9.97. The maximum absolute atomic E-state index is 13.4. The number of nitrogens with zero attached hydrogens (tertiary/aromatic N) is 1. The molecule has 0 fully saturated rings. The van der Waals surface area contributed by atoms with Crippen molar-refractivity contribution in [2.45, 2.75) is 31.6 Å². The summed E-state index contributed by atoms with van der Waals surface area (Å²) >= 11 is 0. The van der Waals surface area contributed by atoms with Crippen LogP contribution in [0.25, 0.3) is 11.1 Å². The molecule has 0 N–H and O–H groups in total. The van der Waals surface area contributed by atoms with E-state index < -0.39 is 10.0 Å². The van der Waals surface area contributed by atoms with Gasteiger partial charge in [0.2, 0.25) is 0 Å². The molecule has 0 aliphatic heterocycles. The van der Waals surface area contributed by atoms with Gasteiger partial charge in [-0.05, 0) is 42.7 Å². The number of hydrogen-bond acceptors (Lipinski definition) is 3. The highest BCUT2D eigenvalue weighted by molar-refractivity contribution is 7.90. The van der Waals surface area contributed by atoms with Crippen molar-refractivity contribution < 1.29 is 13.2 Å². The first-order valence-corrected chi connectivity index (χ1v) is 11.9. The monoisotopic (exact) mass is 443 g/mol.